The zero-order valence-corrected chi connectivity index (χ0v) is 17.9. The summed E-state index contributed by atoms with van der Waals surface area (Å²) in [4.78, 5) is 39.5. The Bertz CT molecular complexity index is 1400. The second-order valence-corrected chi connectivity index (χ2v) is 7.83. The van der Waals surface area contributed by atoms with Gasteiger partial charge in [0, 0.05) is 43.5 Å². The molecule has 35 heavy (non-hydrogen) atoms. The summed E-state index contributed by atoms with van der Waals surface area (Å²) in [5.74, 6) is -7.11. The zero-order chi connectivity index (χ0) is 25.4. The molecule has 0 spiro atoms. The highest BCUT2D eigenvalue weighted by Crippen LogP contribution is 2.24. The van der Waals surface area contributed by atoms with Crippen molar-refractivity contribution in [2.75, 3.05) is 6.67 Å². The fraction of sp³-hybridized carbons (Fsp3) is 0.174. The van der Waals surface area contributed by atoms with Crippen molar-refractivity contribution >= 4 is 11.8 Å². The summed E-state index contributed by atoms with van der Waals surface area (Å²) in [6.07, 6.45) is 1.01. The van der Waals surface area contributed by atoms with Crippen LogP contribution in [-0.2, 0) is 19.6 Å². The number of amides is 2. The second-order valence-electron chi connectivity index (χ2n) is 7.83. The van der Waals surface area contributed by atoms with Gasteiger partial charge in [-0.1, -0.05) is 6.07 Å². The topological polar surface area (TPSA) is 118 Å². The number of hydrogen-bond donors (Lipinski definition) is 3. The van der Waals surface area contributed by atoms with Crippen LogP contribution >= 0.6 is 0 Å². The number of nitrogens with zero attached hydrogens (tertiary/aromatic N) is 2. The van der Waals surface area contributed by atoms with Crippen LogP contribution in [0, 0.1) is 23.3 Å². The number of nitrogens with one attached hydrogen (secondary N) is 1. The van der Waals surface area contributed by atoms with Gasteiger partial charge in [-0.2, -0.15) is 0 Å². The van der Waals surface area contributed by atoms with E-state index in [0.29, 0.717) is 23.3 Å². The lowest BCUT2D eigenvalue weighted by Gasteiger charge is -2.28. The molecule has 2 heterocycles. The number of nitrogens with two attached hydrogens (primary N) is 1. The van der Waals surface area contributed by atoms with Crippen LogP contribution in [0.5, 0.6) is 5.75 Å². The first kappa shape index (κ1) is 24.0. The maximum atomic E-state index is 13.9. The van der Waals surface area contributed by atoms with Gasteiger partial charge in [0.2, 0.25) is 5.43 Å². The molecule has 182 valence electrons. The Morgan fingerprint density at radius 3 is 2.34 bits per heavy atom. The molecule has 2 amide bonds. The lowest BCUT2D eigenvalue weighted by atomic mass is 10.0. The van der Waals surface area contributed by atoms with Gasteiger partial charge in [0.05, 0.1) is 6.67 Å². The van der Waals surface area contributed by atoms with Crippen molar-refractivity contribution in [2.45, 2.75) is 19.6 Å². The standard InChI is InChI=1S/C23H18F4N4O4/c24-13-2-1-11-7-30-9-16(22(34)29-6-15-17(26)4-14(25)5-18(15)27)20(32)21(33)19(30)23(35)31(10-28)8-12(11)3-13/h1-5,9,33H,6-8,10,28H2,(H,29,34). The van der Waals surface area contributed by atoms with Gasteiger partial charge < -0.3 is 25.6 Å². The fourth-order valence-corrected chi connectivity index (χ4v) is 3.82. The minimum Gasteiger partial charge on any atom is -0.503 e. The Morgan fingerprint density at radius 2 is 1.69 bits per heavy atom. The largest absolute Gasteiger partial charge is 0.503 e. The van der Waals surface area contributed by atoms with Gasteiger partial charge >= 0.3 is 0 Å². The van der Waals surface area contributed by atoms with Crippen molar-refractivity contribution in [3.8, 4) is 5.75 Å². The Hall–Kier alpha value is -4.19. The van der Waals surface area contributed by atoms with Crippen LogP contribution in [0.25, 0.3) is 0 Å². The van der Waals surface area contributed by atoms with E-state index in [-0.39, 0.29) is 19.8 Å². The van der Waals surface area contributed by atoms with Crippen molar-refractivity contribution in [1.82, 2.24) is 14.8 Å². The van der Waals surface area contributed by atoms with Crippen LogP contribution in [0.4, 0.5) is 17.6 Å². The molecular formula is C23H18F4N4O4. The van der Waals surface area contributed by atoms with Gasteiger partial charge in [-0.05, 0) is 23.3 Å². The van der Waals surface area contributed by atoms with E-state index in [1.54, 1.807) is 0 Å². The van der Waals surface area contributed by atoms with Gasteiger partial charge in [0.1, 0.15) is 28.8 Å². The average Bonchev–Trinajstić information content (AvgIpc) is 2.79. The average molecular weight is 490 g/mol. The minimum atomic E-state index is -1.24. The van der Waals surface area contributed by atoms with Crippen LogP contribution < -0.4 is 16.5 Å². The third-order valence-corrected chi connectivity index (χ3v) is 5.61. The van der Waals surface area contributed by atoms with Gasteiger partial charge in [0.25, 0.3) is 11.8 Å². The second kappa shape index (κ2) is 9.22. The molecule has 0 saturated heterocycles. The van der Waals surface area contributed by atoms with Gasteiger partial charge in [-0.25, -0.2) is 17.6 Å². The van der Waals surface area contributed by atoms with Crippen molar-refractivity contribution in [1.29, 1.82) is 0 Å². The lowest BCUT2D eigenvalue weighted by Crippen LogP contribution is -2.40. The SMILES string of the molecule is NCN1Cc2cc(F)ccc2Cn2cc(C(=O)NCc3c(F)cc(F)cc3F)c(=O)c(O)c2C1=O. The van der Waals surface area contributed by atoms with Gasteiger partial charge in [-0.3, -0.25) is 14.4 Å². The fourth-order valence-electron chi connectivity index (χ4n) is 3.82. The number of aromatic nitrogens is 1. The van der Waals surface area contributed by atoms with Gasteiger partial charge in [-0.15, -0.1) is 0 Å². The van der Waals surface area contributed by atoms with Crippen LogP contribution in [0.1, 0.15) is 37.5 Å². The summed E-state index contributed by atoms with van der Waals surface area (Å²) >= 11 is 0. The predicted octanol–water partition coefficient (Wildman–Crippen LogP) is 1.96. The number of benzene rings is 2. The quantitative estimate of drug-likeness (QED) is 0.484. The summed E-state index contributed by atoms with van der Waals surface area (Å²) in [5.41, 5.74) is 3.73. The Kier molecular flexibility index (Phi) is 6.31. The summed E-state index contributed by atoms with van der Waals surface area (Å²) < 4.78 is 55.8. The minimum absolute atomic E-state index is 0.0763. The van der Waals surface area contributed by atoms with Gasteiger partial charge in [0.15, 0.2) is 11.4 Å². The molecule has 0 atom stereocenters. The van der Waals surface area contributed by atoms with E-state index in [0.717, 1.165) is 15.7 Å². The molecule has 0 bridgehead atoms. The van der Waals surface area contributed by atoms with Crippen LogP contribution in [-0.4, -0.2) is 33.1 Å². The van der Waals surface area contributed by atoms with Crippen molar-refractivity contribution in [3.63, 3.8) is 0 Å². The number of pyridine rings is 1. The van der Waals surface area contributed by atoms with Crippen LogP contribution in [0.2, 0.25) is 0 Å². The van der Waals surface area contributed by atoms with E-state index in [4.69, 9.17) is 5.73 Å². The van der Waals surface area contributed by atoms with E-state index in [1.807, 2.05) is 0 Å². The highest BCUT2D eigenvalue weighted by atomic mass is 19.1. The molecule has 4 rings (SSSR count). The first-order valence-corrected chi connectivity index (χ1v) is 10.2. The molecule has 1 aromatic heterocycles. The number of fused-ring (bicyclic) bond motifs is 2. The first-order chi connectivity index (χ1) is 16.6. The number of carbonyl (C=O) groups excluding carboxylic acids is 2. The predicted molar refractivity (Wildman–Crippen MR) is 114 cm³/mol. The number of carbonyl (C=O) groups is 2. The molecule has 2 aromatic carbocycles. The van der Waals surface area contributed by atoms with Crippen molar-refractivity contribution in [2.24, 2.45) is 5.73 Å². The molecular weight excluding hydrogens is 472 g/mol. The first-order valence-electron chi connectivity index (χ1n) is 10.2. The molecule has 12 heteroatoms. The van der Waals surface area contributed by atoms with E-state index in [9.17, 15) is 37.1 Å². The van der Waals surface area contributed by atoms with E-state index >= 15 is 0 Å². The number of halogens is 4. The summed E-state index contributed by atoms with van der Waals surface area (Å²) in [6.45, 7) is -1.21. The number of aromatic hydroxyl groups is 1. The maximum absolute atomic E-state index is 13.9. The van der Waals surface area contributed by atoms with Crippen molar-refractivity contribution in [3.05, 3.63) is 98.0 Å². The summed E-state index contributed by atoms with van der Waals surface area (Å²) in [6, 6.07) is 4.74. The number of rotatable bonds is 4. The zero-order valence-electron chi connectivity index (χ0n) is 17.9. The molecule has 0 saturated carbocycles. The third-order valence-electron chi connectivity index (χ3n) is 5.61. The third kappa shape index (κ3) is 4.47. The molecule has 4 N–H and O–H groups in total. The summed E-state index contributed by atoms with van der Waals surface area (Å²) in [7, 11) is 0. The Labute approximate surface area is 195 Å². The normalized spacial score (nSPS) is 13.1. The monoisotopic (exact) mass is 490 g/mol. The highest BCUT2D eigenvalue weighted by molar-refractivity contribution is 5.98. The Morgan fingerprint density at radius 1 is 1.00 bits per heavy atom. The molecule has 8 nitrogen and oxygen atoms in total. The maximum Gasteiger partial charge on any atom is 0.275 e. The molecule has 3 aromatic rings. The smallest absolute Gasteiger partial charge is 0.275 e. The summed E-state index contributed by atoms with van der Waals surface area (Å²) in [5, 5.41) is 12.7. The van der Waals surface area contributed by atoms with E-state index in [1.165, 1.54) is 18.2 Å². The molecule has 0 radical (unpaired) electrons. The molecule has 0 unspecified atom stereocenters. The van der Waals surface area contributed by atoms with E-state index < -0.39 is 69.6 Å². The van der Waals surface area contributed by atoms with Crippen LogP contribution in [0.15, 0.2) is 41.3 Å². The molecule has 1 aliphatic rings. The van der Waals surface area contributed by atoms with E-state index in [2.05, 4.69) is 5.32 Å². The molecule has 1 aliphatic heterocycles. The van der Waals surface area contributed by atoms with Crippen LogP contribution in [0.3, 0.4) is 0 Å². The highest BCUT2D eigenvalue weighted by Gasteiger charge is 2.29. The lowest BCUT2D eigenvalue weighted by molar-refractivity contribution is 0.0726. The molecule has 0 aliphatic carbocycles. The Balaban J connectivity index is 1.75. The number of hydrogen-bond acceptors (Lipinski definition) is 5. The molecule has 0 fully saturated rings. The van der Waals surface area contributed by atoms with Crippen molar-refractivity contribution < 1.29 is 32.3 Å².